The van der Waals surface area contributed by atoms with Crippen LogP contribution in [-0.2, 0) is 7.05 Å². The Morgan fingerprint density at radius 1 is 0.630 bits per heavy atom. The van der Waals surface area contributed by atoms with Crippen LogP contribution in [0.4, 0.5) is 0 Å². The Hall–Kier alpha value is -3.52. The highest BCUT2D eigenvalue weighted by atomic mass is 16.3. The molecule has 0 atom stereocenters. The van der Waals surface area contributed by atoms with Crippen LogP contribution in [0.1, 0.15) is 0 Å². The molecule has 6 rings (SSSR count). The second-order valence-electron chi connectivity index (χ2n) is 7.09. The molecule has 0 saturated heterocycles. The van der Waals surface area contributed by atoms with Crippen molar-refractivity contribution in [3.8, 4) is 11.1 Å². The van der Waals surface area contributed by atoms with E-state index in [9.17, 15) is 0 Å². The fraction of sp³-hybridized carbons (Fsp3) is 0.0400. The lowest BCUT2D eigenvalue weighted by Crippen LogP contribution is -1.87. The van der Waals surface area contributed by atoms with E-state index in [0.717, 1.165) is 11.2 Å². The highest BCUT2D eigenvalue weighted by Crippen LogP contribution is 2.39. The summed E-state index contributed by atoms with van der Waals surface area (Å²) in [4.78, 5) is 0. The fourth-order valence-corrected chi connectivity index (χ4v) is 4.28. The normalized spacial score (nSPS) is 11.9. The number of para-hydroxylation sites is 1. The van der Waals surface area contributed by atoms with Gasteiger partial charge in [-0.2, -0.15) is 0 Å². The summed E-state index contributed by atoms with van der Waals surface area (Å²) in [5.74, 6) is 0. The van der Waals surface area contributed by atoms with Crippen LogP contribution in [0.5, 0.6) is 0 Å². The van der Waals surface area contributed by atoms with E-state index in [1.807, 2.05) is 12.1 Å². The van der Waals surface area contributed by atoms with Gasteiger partial charge in [0.25, 0.3) is 0 Å². The predicted octanol–water partition coefficient (Wildman–Crippen LogP) is 6.90. The lowest BCUT2D eigenvalue weighted by molar-refractivity contribution is 0.673. The van der Waals surface area contributed by atoms with Crippen LogP contribution in [0.2, 0.25) is 0 Å². The van der Waals surface area contributed by atoms with E-state index < -0.39 is 0 Å². The zero-order chi connectivity index (χ0) is 18.0. The van der Waals surface area contributed by atoms with Crippen LogP contribution in [0.25, 0.3) is 54.9 Å². The Morgan fingerprint density at radius 3 is 2.30 bits per heavy atom. The van der Waals surface area contributed by atoms with Gasteiger partial charge in [0.05, 0.1) is 10.9 Å². The molecule has 0 fully saturated rings. The minimum Gasteiger partial charge on any atom is -0.455 e. The summed E-state index contributed by atoms with van der Waals surface area (Å²) >= 11 is 0. The molecule has 0 radical (unpaired) electrons. The summed E-state index contributed by atoms with van der Waals surface area (Å²) in [6.07, 6.45) is 0. The van der Waals surface area contributed by atoms with Crippen molar-refractivity contribution in [3.05, 3.63) is 84.9 Å². The predicted molar refractivity (Wildman–Crippen MR) is 113 cm³/mol. The second kappa shape index (κ2) is 5.24. The molecule has 6 aromatic rings. The zero-order valence-electron chi connectivity index (χ0n) is 14.9. The smallest absolute Gasteiger partial charge is 0.145 e. The largest absolute Gasteiger partial charge is 0.455 e. The summed E-state index contributed by atoms with van der Waals surface area (Å²) in [6.45, 7) is 0. The quantitative estimate of drug-likeness (QED) is 0.316. The molecule has 0 aliphatic heterocycles. The molecule has 2 heteroatoms. The molecule has 0 saturated carbocycles. The molecular weight excluding hydrogens is 330 g/mol. The molecule has 0 bridgehead atoms. The highest BCUT2D eigenvalue weighted by Gasteiger charge is 2.16. The van der Waals surface area contributed by atoms with Crippen LogP contribution in [0.3, 0.4) is 0 Å². The number of hydrogen-bond donors (Lipinski definition) is 0. The number of fused-ring (bicyclic) bond motifs is 7. The number of hydrogen-bond acceptors (Lipinski definition) is 1. The highest BCUT2D eigenvalue weighted by molar-refractivity contribution is 6.23. The number of aromatic nitrogens is 1. The Bertz CT molecular complexity index is 1470. The molecule has 0 spiro atoms. The lowest BCUT2D eigenvalue weighted by Gasteiger charge is -2.03. The summed E-state index contributed by atoms with van der Waals surface area (Å²) in [5.41, 5.74) is 6.80. The molecule has 0 N–H and O–H groups in total. The number of furan rings is 1. The molecule has 2 nitrogen and oxygen atoms in total. The molecule has 2 aromatic heterocycles. The van der Waals surface area contributed by atoms with Gasteiger partial charge < -0.3 is 8.98 Å². The molecule has 2 heterocycles. The van der Waals surface area contributed by atoms with Gasteiger partial charge in [-0.25, -0.2) is 0 Å². The van der Waals surface area contributed by atoms with Crippen LogP contribution >= 0.6 is 0 Å². The van der Waals surface area contributed by atoms with Crippen molar-refractivity contribution in [3.63, 3.8) is 0 Å². The maximum absolute atomic E-state index is 6.29. The first-order valence-corrected chi connectivity index (χ1v) is 9.19. The van der Waals surface area contributed by atoms with Gasteiger partial charge in [0.2, 0.25) is 0 Å². The Balaban J connectivity index is 1.75. The Kier molecular flexibility index (Phi) is 2.84. The van der Waals surface area contributed by atoms with E-state index in [2.05, 4.69) is 84.4 Å². The zero-order valence-corrected chi connectivity index (χ0v) is 14.9. The van der Waals surface area contributed by atoms with E-state index in [0.29, 0.717) is 0 Å². The van der Waals surface area contributed by atoms with Crippen molar-refractivity contribution < 1.29 is 4.42 Å². The van der Waals surface area contributed by atoms with Crippen LogP contribution in [-0.4, -0.2) is 4.57 Å². The number of nitrogens with zero attached hydrogens (tertiary/aromatic N) is 1. The standard InChI is InChI=1S/C25H17NO/c1-26-21-14-13-19-18-9-5-6-10-23(18)27-25(19)24(21)20-12-11-17(15-22(20)26)16-7-3-2-4-8-16/h2-15H,1H3. The SMILES string of the molecule is Cn1c2cc(-c3ccccc3)ccc2c2c3oc4ccccc4c3ccc21. The first-order valence-electron chi connectivity index (χ1n) is 9.19. The maximum Gasteiger partial charge on any atom is 0.145 e. The number of rotatable bonds is 1. The van der Waals surface area contributed by atoms with E-state index in [1.165, 1.54) is 43.7 Å². The average Bonchev–Trinajstić information content (AvgIpc) is 3.24. The van der Waals surface area contributed by atoms with E-state index in [4.69, 9.17) is 4.42 Å². The molecule has 128 valence electrons. The third-order valence-electron chi connectivity index (χ3n) is 5.62. The van der Waals surface area contributed by atoms with Crippen molar-refractivity contribution >= 4 is 43.7 Å². The molecule has 0 aliphatic carbocycles. The third kappa shape index (κ3) is 1.95. The molecule has 0 unspecified atom stereocenters. The van der Waals surface area contributed by atoms with Gasteiger partial charge in [-0.1, -0.05) is 60.7 Å². The molecule has 0 amide bonds. The van der Waals surface area contributed by atoms with Crippen molar-refractivity contribution in [2.24, 2.45) is 7.05 Å². The first kappa shape index (κ1) is 14.6. The third-order valence-corrected chi connectivity index (χ3v) is 5.62. The van der Waals surface area contributed by atoms with Gasteiger partial charge in [0.15, 0.2) is 0 Å². The Labute approximate surface area is 156 Å². The van der Waals surface area contributed by atoms with Crippen LogP contribution in [0.15, 0.2) is 89.3 Å². The van der Waals surface area contributed by atoms with Gasteiger partial charge in [0.1, 0.15) is 11.2 Å². The summed E-state index contributed by atoms with van der Waals surface area (Å²) in [6, 6.07) is 29.9. The minimum atomic E-state index is 0.943. The first-order chi connectivity index (χ1) is 13.3. The summed E-state index contributed by atoms with van der Waals surface area (Å²) in [5, 5.41) is 4.78. The fourth-order valence-electron chi connectivity index (χ4n) is 4.28. The van der Waals surface area contributed by atoms with Gasteiger partial charge in [-0.05, 0) is 35.4 Å². The topological polar surface area (TPSA) is 18.1 Å². The Morgan fingerprint density at radius 2 is 1.41 bits per heavy atom. The summed E-state index contributed by atoms with van der Waals surface area (Å²) in [7, 11) is 2.13. The monoisotopic (exact) mass is 347 g/mol. The van der Waals surface area contributed by atoms with Gasteiger partial charge in [0, 0.05) is 28.7 Å². The van der Waals surface area contributed by atoms with E-state index in [1.54, 1.807) is 0 Å². The number of benzene rings is 4. The van der Waals surface area contributed by atoms with Crippen molar-refractivity contribution in [2.75, 3.05) is 0 Å². The van der Waals surface area contributed by atoms with E-state index >= 15 is 0 Å². The van der Waals surface area contributed by atoms with Gasteiger partial charge in [-0.3, -0.25) is 0 Å². The number of aryl methyl sites for hydroxylation is 1. The van der Waals surface area contributed by atoms with Gasteiger partial charge in [-0.15, -0.1) is 0 Å². The summed E-state index contributed by atoms with van der Waals surface area (Å²) < 4.78 is 8.56. The van der Waals surface area contributed by atoms with Gasteiger partial charge >= 0.3 is 0 Å². The molecule has 4 aromatic carbocycles. The molecular formula is C25H17NO. The molecule has 27 heavy (non-hydrogen) atoms. The van der Waals surface area contributed by atoms with Crippen LogP contribution < -0.4 is 0 Å². The van der Waals surface area contributed by atoms with E-state index in [-0.39, 0.29) is 0 Å². The van der Waals surface area contributed by atoms with Crippen molar-refractivity contribution in [1.29, 1.82) is 0 Å². The van der Waals surface area contributed by atoms with Crippen molar-refractivity contribution in [2.45, 2.75) is 0 Å². The van der Waals surface area contributed by atoms with Crippen LogP contribution in [0, 0.1) is 0 Å². The molecule has 0 aliphatic rings. The minimum absolute atomic E-state index is 0.943. The average molecular weight is 347 g/mol. The lowest BCUT2D eigenvalue weighted by atomic mass is 10.0. The maximum atomic E-state index is 6.29. The second-order valence-corrected chi connectivity index (χ2v) is 7.09. The van der Waals surface area contributed by atoms with Crippen molar-refractivity contribution in [1.82, 2.24) is 4.57 Å².